The Bertz CT molecular complexity index is 894. The zero-order valence-electron chi connectivity index (χ0n) is 14.9. The first-order chi connectivity index (χ1) is 12.2. The number of ether oxygens (including phenoxy) is 1. The number of nitro benzene ring substituents is 1. The molecule has 7 nitrogen and oxygen atoms in total. The fourth-order valence-corrected chi connectivity index (χ4v) is 3.36. The van der Waals surface area contributed by atoms with E-state index in [4.69, 9.17) is 4.74 Å². The van der Waals surface area contributed by atoms with Gasteiger partial charge in [0.05, 0.1) is 22.5 Å². The third-order valence-corrected chi connectivity index (χ3v) is 5.23. The minimum Gasteiger partial charge on any atom is -0.374 e. The largest absolute Gasteiger partial charge is 0.374 e. The Balaban J connectivity index is 2.19. The lowest BCUT2D eigenvalue weighted by Crippen LogP contribution is -2.24. The monoisotopic (exact) mass is 378 g/mol. The van der Waals surface area contributed by atoms with Crippen LogP contribution in [0.4, 0.5) is 5.69 Å². The van der Waals surface area contributed by atoms with E-state index in [1.165, 1.54) is 12.1 Å². The molecule has 0 saturated carbocycles. The van der Waals surface area contributed by atoms with E-state index in [0.29, 0.717) is 12.2 Å². The molecule has 0 fully saturated rings. The first kappa shape index (κ1) is 20.0. The molecule has 2 aromatic rings. The molecule has 0 saturated heterocycles. The van der Waals surface area contributed by atoms with E-state index in [0.717, 1.165) is 17.2 Å². The zero-order chi connectivity index (χ0) is 19.3. The molecule has 0 aromatic heterocycles. The average Bonchev–Trinajstić information content (AvgIpc) is 2.58. The van der Waals surface area contributed by atoms with Crippen LogP contribution < -0.4 is 4.72 Å². The highest BCUT2D eigenvalue weighted by Crippen LogP contribution is 2.22. The number of rotatable bonds is 8. The van der Waals surface area contributed by atoms with Crippen molar-refractivity contribution in [1.29, 1.82) is 0 Å². The standard InChI is InChI=1S/C18H22N2O5S/c1-13(2)25-12-16-7-5-4-6-15(16)11-19-26(23,24)17-9-8-14(3)18(10-17)20(21)22/h4-10,13,19H,11-12H2,1-3H3. The van der Waals surface area contributed by atoms with Crippen molar-refractivity contribution in [3.63, 3.8) is 0 Å². The van der Waals surface area contributed by atoms with E-state index in [1.807, 2.05) is 38.1 Å². The lowest BCUT2D eigenvalue weighted by molar-refractivity contribution is -0.385. The first-order valence-corrected chi connectivity index (χ1v) is 9.62. The highest BCUT2D eigenvalue weighted by atomic mass is 32.2. The van der Waals surface area contributed by atoms with Gasteiger partial charge in [0.25, 0.3) is 5.69 Å². The molecular formula is C18H22N2O5S. The lowest BCUT2D eigenvalue weighted by Gasteiger charge is -2.13. The van der Waals surface area contributed by atoms with Gasteiger partial charge >= 0.3 is 0 Å². The lowest BCUT2D eigenvalue weighted by atomic mass is 10.1. The van der Waals surface area contributed by atoms with Crippen LogP contribution >= 0.6 is 0 Å². The molecule has 140 valence electrons. The number of aryl methyl sites for hydroxylation is 1. The second-order valence-electron chi connectivity index (χ2n) is 6.16. The van der Waals surface area contributed by atoms with Crippen molar-refractivity contribution in [3.8, 4) is 0 Å². The van der Waals surface area contributed by atoms with Gasteiger partial charge < -0.3 is 4.74 Å². The van der Waals surface area contributed by atoms with Gasteiger partial charge in [0.1, 0.15) is 0 Å². The summed E-state index contributed by atoms with van der Waals surface area (Å²) in [6.07, 6.45) is 0.0628. The van der Waals surface area contributed by atoms with Crippen molar-refractivity contribution in [2.75, 3.05) is 0 Å². The van der Waals surface area contributed by atoms with E-state index in [9.17, 15) is 18.5 Å². The normalized spacial score (nSPS) is 11.7. The van der Waals surface area contributed by atoms with Gasteiger partial charge in [-0.15, -0.1) is 0 Å². The Morgan fingerprint density at radius 1 is 1.15 bits per heavy atom. The molecule has 0 aliphatic carbocycles. The number of nitro groups is 1. The average molecular weight is 378 g/mol. The van der Waals surface area contributed by atoms with Crippen LogP contribution in [-0.4, -0.2) is 19.4 Å². The van der Waals surface area contributed by atoms with Crippen LogP contribution in [0, 0.1) is 17.0 Å². The summed E-state index contributed by atoms with van der Waals surface area (Å²) in [5, 5.41) is 11.0. The van der Waals surface area contributed by atoms with Crippen LogP contribution in [-0.2, 0) is 27.9 Å². The molecule has 0 unspecified atom stereocenters. The van der Waals surface area contributed by atoms with Crippen LogP contribution in [0.2, 0.25) is 0 Å². The van der Waals surface area contributed by atoms with E-state index in [1.54, 1.807) is 6.92 Å². The molecule has 0 amide bonds. The fraction of sp³-hybridized carbons (Fsp3) is 0.333. The van der Waals surface area contributed by atoms with E-state index in [-0.39, 0.29) is 23.2 Å². The highest BCUT2D eigenvalue weighted by molar-refractivity contribution is 7.89. The number of hydrogen-bond acceptors (Lipinski definition) is 5. The Kier molecular flexibility index (Phi) is 6.47. The summed E-state index contributed by atoms with van der Waals surface area (Å²) >= 11 is 0. The van der Waals surface area contributed by atoms with Gasteiger partial charge in [-0.2, -0.15) is 0 Å². The number of sulfonamides is 1. The third kappa shape index (κ3) is 5.10. The van der Waals surface area contributed by atoms with Crippen LogP contribution in [0.25, 0.3) is 0 Å². The van der Waals surface area contributed by atoms with Crippen molar-refractivity contribution in [2.45, 2.75) is 44.9 Å². The summed E-state index contributed by atoms with van der Waals surface area (Å²) in [5.41, 5.74) is 1.86. The molecule has 0 spiro atoms. The summed E-state index contributed by atoms with van der Waals surface area (Å²) in [4.78, 5) is 10.3. The molecule has 1 N–H and O–H groups in total. The van der Waals surface area contributed by atoms with Gasteiger partial charge in [-0.3, -0.25) is 10.1 Å². The quantitative estimate of drug-likeness (QED) is 0.561. The maximum Gasteiger partial charge on any atom is 0.273 e. The Morgan fingerprint density at radius 3 is 2.42 bits per heavy atom. The molecule has 0 atom stereocenters. The Labute approximate surface area is 153 Å². The number of hydrogen-bond donors (Lipinski definition) is 1. The van der Waals surface area contributed by atoms with Crippen LogP contribution in [0.1, 0.15) is 30.5 Å². The van der Waals surface area contributed by atoms with E-state index in [2.05, 4.69) is 4.72 Å². The van der Waals surface area contributed by atoms with Crippen molar-refractivity contribution >= 4 is 15.7 Å². The molecule has 8 heteroatoms. The van der Waals surface area contributed by atoms with Crippen LogP contribution in [0.3, 0.4) is 0 Å². The first-order valence-electron chi connectivity index (χ1n) is 8.14. The zero-order valence-corrected chi connectivity index (χ0v) is 15.7. The maximum atomic E-state index is 12.5. The van der Waals surface area contributed by atoms with Crippen molar-refractivity contribution in [3.05, 3.63) is 69.3 Å². The minimum absolute atomic E-state index is 0.0628. The van der Waals surface area contributed by atoms with Crippen molar-refractivity contribution in [2.24, 2.45) is 0 Å². The molecule has 2 rings (SSSR count). The molecule has 2 aromatic carbocycles. The summed E-state index contributed by atoms with van der Waals surface area (Å²) in [5.74, 6) is 0. The smallest absolute Gasteiger partial charge is 0.273 e. The number of nitrogens with zero attached hydrogens (tertiary/aromatic N) is 1. The summed E-state index contributed by atoms with van der Waals surface area (Å²) < 4.78 is 33.1. The predicted molar refractivity (Wildman–Crippen MR) is 98.2 cm³/mol. The van der Waals surface area contributed by atoms with Crippen molar-refractivity contribution in [1.82, 2.24) is 4.72 Å². The van der Waals surface area contributed by atoms with E-state index >= 15 is 0 Å². The maximum absolute atomic E-state index is 12.5. The van der Waals surface area contributed by atoms with Gasteiger partial charge in [0.2, 0.25) is 10.0 Å². The topological polar surface area (TPSA) is 98.5 Å². The molecular weight excluding hydrogens is 356 g/mol. The summed E-state index contributed by atoms with van der Waals surface area (Å²) in [6.45, 7) is 5.87. The highest BCUT2D eigenvalue weighted by Gasteiger charge is 2.20. The number of nitrogens with one attached hydrogen (secondary N) is 1. The van der Waals surface area contributed by atoms with Gasteiger partial charge in [0.15, 0.2) is 0 Å². The third-order valence-electron chi connectivity index (χ3n) is 3.83. The predicted octanol–water partition coefficient (Wildman–Crippen LogP) is 3.31. The number of benzene rings is 2. The molecule has 0 aliphatic heterocycles. The van der Waals surface area contributed by atoms with Crippen molar-refractivity contribution < 1.29 is 18.1 Å². The molecule has 0 heterocycles. The Morgan fingerprint density at radius 2 is 1.81 bits per heavy atom. The van der Waals surface area contributed by atoms with Crippen LogP contribution in [0.15, 0.2) is 47.4 Å². The summed E-state index contributed by atoms with van der Waals surface area (Å²) in [6, 6.07) is 11.2. The molecule has 0 radical (unpaired) electrons. The van der Waals surface area contributed by atoms with Gasteiger partial charge in [-0.05, 0) is 38.0 Å². The van der Waals surface area contributed by atoms with Gasteiger partial charge in [-0.25, -0.2) is 13.1 Å². The summed E-state index contributed by atoms with van der Waals surface area (Å²) in [7, 11) is -3.87. The van der Waals surface area contributed by atoms with Gasteiger partial charge in [0, 0.05) is 18.2 Å². The Hall–Kier alpha value is -2.29. The molecule has 26 heavy (non-hydrogen) atoms. The van der Waals surface area contributed by atoms with E-state index < -0.39 is 14.9 Å². The molecule has 0 aliphatic rings. The second kappa shape index (κ2) is 8.39. The fourth-order valence-electron chi connectivity index (χ4n) is 2.34. The molecule has 0 bridgehead atoms. The second-order valence-corrected chi connectivity index (χ2v) is 7.93. The van der Waals surface area contributed by atoms with Crippen LogP contribution in [0.5, 0.6) is 0 Å². The minimum atomic E-state index is -3.87. The SMILES string of the molecule is Cc1ccc(S(=O)(=O)NCc2ccccc2COC(C)C)cc1[N+](=O)[O-]. The van der Waals surface area contributed by atoms with Gasteiger partial charge in [-0.1, -0.05) is 30.3 Å².